The molecule has 0 spiro atoms. The molecule has 2 aromatic rings. The van der Waals surface area contributed by atoms with E-state index in [0.717, 1.165) is 11.3 Å². The van der Waals surface area contributed by atoms with Crippen LogP contribution in [0.15, 0.2) is 30.7 Å². The molecular weight excluding hydrogens is 176 g/mol. The van der Waals surface area contributed by atoms with Gasteiger partial charge in [-0.25, -0.2) is 0 Å². The van der Waals surface area contributed by atoms with Crippen LogP contribution >= 0.6 is 0 Å². The molecule has 2 rings (SSSR count). The summed E-state index contributed by atoms with van der Waals surface area (Å²) in [4.78, 5) is 5.47. The summed E-state index contributed by atoms with van der Waals surface area (Å²) in [6.45, 7) is 0.389. The summed E-state index contributed by atoms with van der Waals surface area (Å²) < 4.78 is 0. The Morgan fingerprint density at radius 3 is 3.07 bits per heavy atom. The van der Waals surface area contributed by atoms with Crippen LogP contribution in [-0.2, 0) is 6.54 Å². The molecule has 0 atom stereocenters. The van der Waals surface area contributed by atoms with Crippen molar-refractivity contribution in [3.63, 3.8) is 0 Å². The predicted octanol–water partition coefficient (Wildman–Crippen LogP) is 0.973. The van der Waals surface area contributed by atoms with E-state index in [2.05, 4.69) is 21.1 Å². The van der Waals surface area contributed by atoms with Crippen LogP contribution in [-0.4, -0.2) is 20.0 Å². The molecule has 0 unspecified atom stereocenters. The highest BCUT2D eigenvalue weighted by atomic mass is 15.5. The van der Waals surface area contributed by atoms with Crippen LogP contribution in [0.25, 0.3) is 11.3 Å². The SMILES string of the molecule is C#CCn1ncc(-c2cccnc2)n1. The molecule has 0 aliphatic heterocycles. The smallest absolute Gasteiger partial charge is 0.121 e. The number of terminal acetylenes is 1. The summed E-state index contributed by atoms with van der Waals surface area (Å²) in [6, 6.07) is 3.78. The van der Waals surface area contributed by atoms with E-state index in [1.54, 1.807) is 18.6 Å². The molecule has 2 heterocycles. The number of rotatable bonds is 2. The Labute approximate surface area is 81.6 Å². The molecule has 4 heteroatoms. The summed E-state index contributed by atoms with van der Waals surface area (Å²) in [5.41, 5.74) is 1.73. The van der Waals surface area contributed by atoms with Crippen LogP contribution in [0.4, 0.5) is 0 Å². The first kappa shape index (κ1) is 8.45. The summed E-state index contributed by atoms with van der Waals surface area (Å²) >= 11 is 0. The number of nitrogens with zero attached hydrogens (tertiary/aromatic N) is 4. The number of hydrogen-bond donors (Lipinski definition) is 0. The highest BCUT2D eigenvalue weighted by Crippen LogP contribution is 2.12. The third kappa shape index (κ3) is 1.62. The van der Waals surface area contributed by atoms with Crippen molar-refractivity contribution in [2.24, 2.45) is 0 Å². The zero-order valence-corrected chi connectivity index (χ0v) is 7.46. The predicted molar refractivity (Wildman–Crippen MR) is 52.1 cm³/mol. The number of pyridine rings is 1. The van der Waals surface area contributed by atoms with Gasteiger partial charge in [0.25, 0.3) is 0 Å². The molecule has 4 nitrogen and oxygen atoms in total. The van der Waals surface area contributed by atoms with E-state index in [1.807, 2.05) is 12.1 Å². The Balaban J connectivity index is 2.31. The minimum atomic E-state index is 0.389. The van der Waals surface area contributed by atoms with Crippen molar-refractivity contribution in [1.82, 2.24) is 20.0 Å². The molecule has 0 saturated heterocycles. The highest BCUT2D eigenvalue weighted by Gasteiger charge is 2.01. The van der Waals surface area contributed by atoms with E-state index in [1.165, 1.54) is 4.80 Å². The molecule has 14 heavy (non-hydrogen) atoms. The van der Waals surface area contributed by atoms with Crippen molar-refractivity contribution in [3.05, 3.63) is 30.7 Å². The molecule has 0 fully saturated rings. The largest absolute Gasteiger partial charge is 0.264 e. The molecule has 0 N–H and O–H groups in total. The fourth-order valence-electron chi connectivity index (χ4n) is 1.10. The molecule has 0 saturated carbocycles. The maximum atomic E-state index is 5.15. The van der Waals surface area contributed by atoms with Gasteiger partial charge in [0.2, 0.25) is 0 Å². The van der Waals surface area contributed by atoms with E-state index >= 15 is 0 Å². The summed E-state index contributed by atoms with van der Waals surface area (Å²) in [5, 5.41) is 8.21. The average Bonchev–Trinajstić information content (AvgIpc) is 2.68. The van der Waals surface area contributed by atoms with Crippen LogP contribution in [0.2, 0.25) is 0 Å². The minimum absolute atomic E-state index is 0.389. The molecule has 0 amide bonds. The van der Waals surface area contributed by atoms with E-state index < -0.39 is 0 Å². The lowest BCUT2D eigenvalue weighted by Crippen LogP contribution is -1.99. The summed E-state index contributed by atoms with van der Waals surface area (Å²) in [7, 11) is 0. The van der Waals surface area contributed by atoms with Gasteiger partial charge < -0.3 is 0 Å². The van der Waals surface area contributed by atoms with Crippen molar-refractivity contribution >= 4 is 0 Å². The number of aromatic nitrogens is 4. The quantitative estimate of drug-likeness (QED) is 0.653. The van der Waals surface area contributed by atoms with Crippen molar-refractivity contribution in [2.45, 2.75) is 6.54 Å². The van der Waals surface area contributed by atoms with Gasteiger partial charge in [0.05, 0.1) is 6.20 Å². The van der Waals surface area contributed by atoms with Crippen LogP contribution in [0, 0.1) is 12.3 Å². The zero-order chi connectivity index (χ0) is 9.80. The third-order valence-electron chi connectivity index (χ3n) is 1.73. The lowest BCUT2D eigenvalue weighted by molar-refractivity contribution is 0.614. The first-order chi connectivity index (χ1) is 6.90. The first-order valence-electron chi connectivity index (χ1n) is 4.14. The summed E-state index contributed by atoms with van der Waals surface area (Å²) in [5.74, 6) is 2.47. The molecule has 0 radical (unpaired) electrons. The van der Waals surface area contributed by atoms with Gasteiger partial charge in [-0.15, -0.1) is 6.42 Å². The maximum Gasteiger partial charge on any atom is 0.121 e. The molecule has 68 valence electrons. The Kier molecular flexibility index (Phi) is 2.24. The molecule has 0 aliphatic rings. The highest BCUT2D eigenvalue weighted by molar-refractivity contribution is 5.55. The topological polar surface area (TPSA) is 43.6 Å². The van der Waals surface area contributed by atoms with Gasteiger partial charge in [-0.1, -0.05) is 5.92 Å². The van der Waals surface area contributed by atoms with Crippen molar-refractivity contribution in [2.75, 3.05) is 0 Å². The van der Waals surface area contributed by atoms with Gasteiger partial charge in [0, 0.05) is 18.0 Å². The minimum Gasteiger partial charge on any atom is -0.264 e. The van der Waals surface area contributed by atoms with Gasteiger partial charge in [-0.05, 0) is 12.1 Å². The van der Waals surface area contributed by atoms with E-state index in [4.69, 9.17) is 6.42 Å². The van der Waals surface area contributed by atoms with Gasteiger partial charge in [0.15, 0.2) is 0 Å². The maximum absolute atomic E-state index is 5.15. The van der Waals surface area contributed by atoms with Crippen molar-refractivity contribution < 1.29 is 0 Å². The standard InChI is InChI=1S/C10H8N4/c1-2-6-14-12-8-10(13-14)9-4-3-5-11-7-9/h1,3-5,7-8H,6H2. The Morgan fingerprint density at radius 2 is 2.36 bits per heavy atom. The molecule has 0 aromatic carbocycles. The Bertz CT molecular complexity index is 452. The fourth-order valence-corrected chi connectivity index (χ4v) is 1.10. The monoisotopic (exact) mass is 184 g/mol. The normalized spacial score (nSPS) is 9.64. The molecule has 0 bridgehead atoms. The fraction of sp³-hybridized carbons (Fsp3) is 0.100. The van der Waals surface area contributed by atoms with E-state index in [9.17, 15) is 0 Å². The molecule has 2 aromatic heterocycles. The molecule has 0 aliphatic carbocycles. The van der Waals surface area contributed by atoms with Gasteiger partial charge in [0.1, 0.15) is 12.2 Å². The third-order valence-corrected chi connectivity index (χ3v) is 1.73. The second-order valence-corrected chi connectivity index (χ2v) is 2.71. The second kappa shape index (κ2) is 3.71. The average molecular weight is 184 g/mol. The number of hydrogen-bond acceptors (Lipinski definition) is 3. The molecular formula is C10H8N4. The lowest BCUT2D eigenvalue weighted by Gasteiger charge is -1.92. The van der Waals surface area contributed by atoms with Crippen molar-refractivity contribution in [1.29, 1.82) is 0 Å². The Morgan fingerprint density at radius 1 is 1.43 bits per heavy atom. The van der Waals surface area contributed by atoms with Crippen LogP contribution < -0.4 is 0 Å². The zero-order valence-electron chi connectivity index (χ0n) is 7.46. The van der Waals surface area contributed by atoms with Crippen LogP contribution in [0.3, 0.4) is 0 Å². The van der Waals surface area contributed by atoms with Gasteiger partial charge in [-0.2, -0.15) is 15.0 Å². The first-order valence-corrected chi connectivity index (χ1v) is 4.14. The van der Waals surface area contributed by atoms with E-state index in [0.29, 0.717) is 6.54 Å². The lowest BCUT2D eigenvalue weighted by atomic mass is 10.2. The summed E-state index contributed by atoms with van der Waals surface area (Å²) in [6.07, 6.45) is 10.3. The van der Waals surface area contributed by atoms with Gasteiger partial charge >= 0.3 is 0 Å². The van der Waals surface area contributed by atoms with Crippen LogP contribution in [0.5, 0.6) is 0 Å². The Hall–Kier alpha value is -2.15. The second-order valence-electron chi connectivity index (χ2n) is 2.71. The van der Waals surface area contributed by atoms with Gasteiger partial charge in [-0.3, -0.25) is 4.98 Å². The van der Waals surface area contributed by atoms with Crippen molar-refractivity contribution in [3.8, 4) is 23.6 Å². The van der Waals surface area contributed by atoms with Crippen LogP contribution in [0.1, 0.15) is 0 Å². The van der Waals surface area contributed by atoms with E-state index in [-0.39, 0.29) is 0 Å².